The zero-order chi connectivity index (χ0) is 19.2. The molecule has 5 nitrogen and oxygen atoms in total. The highest BCUT2D eigenvalue weighted by molar-refractivity contribution is 6.00. The predicted molar refractivity (Wildman–Crippen MR) is 105 cm³/mol. The zero-order valence-electron chi connectivity index (χ0n) is 15.8. The van der Waals surface area contributed by atoms with Gasteiger partial charge in [0.1, 0.15) is 0 Å². The first-order chi connectivity index (χ1) is 13.0. The van der Waals surface area contributed by atoms with Gasteiger partial charge >= 0.3 is 0 Å². The number of benzene rings is 2. The molecule has 0 spiro atoms. The Bertz CT molecular complexity index is 812. The van der Waals surface area contributed by atoms with Crippen molar-refractivity contribution in [2.75, 3.05) is 18.5 Å². The molecule has 27 heavy (non-hydrogen) atoms. The van der Waals surface area contributed by atoms with Gasteiger partial charge in [-0.3, -0.25) is 9.59 Å². The number of hydrogen-bond acceptors (Lipinski definition) is 4. The number of amides is 1. The SMILES string of the molecule is CC(C)c1ccc(NC(=O)CCC(=O)c2ccc3c(c2)OCCCO3)cc1. The molecule has 0 atom stereocenters. The van der Waals surface area contributed by atoms with Crippen LogP contribution in [0.1, 0.15) is 54.9 Å². The van der Waals surface area contributed by atoms with Crippen LogP contribution in [-0.4, -0.2) is 24.9 Å². The summed E-state index contributed by atoms with van der Waals surface area (Å²) in [5.41, 5.74) is 2.50. The van der Waals surface area contributed by atoms with Gasteiger partial charge in [-0.1, -0.05) is 26.0 Å². The summed E-state index contributed by atoms with van der Waals surface area (Å²) in [7, 11) is 0. The Morgan fingerprint density at radius 1 is 0.963 bits per heavy atom. The molecule has 0 bridgehead atoms. The van der Waals surface area contributed by atoms with E-state index in [1.54, 1.807) is 18.2 Å². The second-order valence-corrected chi connectivity index (χ2v) is 6.96. The van der Waals surface area contributed by atoms with E-state index < -0.39 is 0 Å². The summed E-state index contributed by atoms with van der Waals surface area (Å²) in [5.74, 6) is 1.44. The van der Waals surface area contributed by atoms with Crippen LogP contribution in [0.25, 0.3) is 0 Å². The van der Waals surface area contributed by atoms with Crippen LogP contribution in [0.2, 0.25) is 0 Å². The number of Topliss-reactive ketones (excluding diaryl/α,β-unsaturated/α-hetero) is 1. The Morgan fingerprint density at radius 2 is 1.67 bits per heavy atom. The van der Waals surface area contributed by atoms with Crippen LogP contribution in [-0.2, 0) is 4.79 Å². The summed E-state index contributed by atoms with van der Waals surface area (Å²) < 4.78 is 11.2. The molecule has 0 aliphatic carbocycles. The van der Waals surface area contributed by atoms with Crippen molar-refractivity contribution in [1.82, 2.24) is 0 Å². The number of rotatable bonds is 6. The third-order valence-corrected chi connectivity index (χ3v) is 4.51. The summed E-state index contributed by atoms with van der Waals surface area (Å²) in [5, 5.41) is 2.84. The van der Waals surface area contributed by atoms with Crippen molar-refractivity contribution in [1.29, 1.82) is 0 Å². The fraction of sp³-hybridized carbons (Fsp3) is 0.364. The molecule has 0 saturated carbocycles. The molecule has 1 aliphatic heterocycles. The van der Waals surface area contributed by atoms with Gasteiger partial charge in [-0.2, -0.15) is 0 Å². The number of hydrogen-bond donors (Lipinski definition) is 1. The molecule has 5 heteroatoms. The molecule has 0 fully saturated rings. The number of anilines is 1. The minimum Gasteiger partial charge on any atom is -0.490 e. The van der Waals surface area contributed by atoms with Crippen LogP contribution in [0.4, 0.5) is 5.69 Å². The van der Waals surface area contributed by atoms with Crippen LogP contribution >= 0.6 is 0 Å². The summed E-state index contributed by atoms with van der Waals surface area (Å²) in [4.78, 5) is 24.6. The van der Waals surface area contributed by atoms with E-state index in [0.717, 1.165) is 12.1 Å². The minimum atomic E-state index is -0.171. The monoisotopic (exact) mass is 367 g/mol. The summed E-state index contributed by atoms with van der Waals surface area (Å²) in [6.45, 7) is 5.43. The van der Waals surface area contributed by atoms with Gasteiger partial charge < -0.3 is 14.8 Å². The van der Waals surface area contributed by atoms with Crippen molar-refractivity contribution in [3.05, 3.63) is 53.6 Å². The molecule has 0 saturated heterocycles. The topological polar surface area (TPSA) is 64.6 Å². The van der Waals surface area contributed by atoms with Crippen LogP contribution in [0, 0.1) is 0 Å². The van der Waals surface area contributed by atoms with Crippen molar-refractivity contribution in [3.63, 3.8) is 0 Å². The van der Waals surface area contributed by atoms with Gasteiger partial charge in [-0.05, 0) is 41.8 Å². The normalized spacial score (nSPS) is 13.1. The number of fused-ring (bicyclic) bond motifs is 1. The van der Waals surface area contributed by atoms with E-state index >= 15 is 0 Å². The number of ketones is 1. The molecule has 3 rings (SSSR count). The Morgan fingerprint density at radius 3 is 2.37 bits per heavy atom. The first kappa shape index (κ1) is 19.0. The first-order valence-electron chi connectivity index (χ1n) is 9.35. The Hall–Kier alpha value is -2.82. The van der Waals surface area contributed by atoms with Crippen molar-refractivity contribution >= 4 is 17.4 Å². The average Bonchev–Trinajstić information content (AvgIpc) is 2.91. The van der Waals surface area contributed by atoms with Crippen LogP contribution in [0.3, 0.4) is 0 Å². The Balaban J connectivity index is 1.54. The van der Waals surface area contributed by atoms with Gasteiger partial charge in [0.25, 0.3) is 0 Å². The number of nitrogens with one attached hydrogen (secondary N) is 1. The maximum absolute atomic E-state index is 12.4. The van der Waals surface area contributed by atoms with E-state index in [9.17, 15) is 9.59 Å². The van der Waals surface area contributed by atoms with Gasteiger partial charge in [0.2, 0.25) is 5.91 Å². The lowest BCUT2D eigenvalue weighted by molar-refractivity contribution is -0.116. The number of carbonyl (C=O) groups is 2. The summed E-state index contributed by atoms with van der Waals surface area (Å²) >= 11 is 0. The summed E-state index contributed by atoms with van der Waals surface area (Å²) in [6, 6.07) is 13.0. The van der Waals surface area contributed by atoms with Crippen molar-refractivity contribution in [3.8, 4) is 11.5 Å². The predicted octanol–water partition coefficient (Wildman–Crippen LogP) is 4.57. The van der Waals surface area contributed by atoms with E-state index in [1.165, 1.54) is 5.56 Å². The van der Waals surface area contributed by atoms with Gasteiger partial charge in [0.15, 0.2) is 17.3 Å². The highest BCUT2D eigenvalue weighted by atomic mass is 16.5. The van der Waals surface area contributed by atoms with Gasteiger partial charge in [0, 0.05) is 30.5 Å². The lowest BCUT2D eigenvalue weighted by Crippen LogP contribution is -2.13. The minimum absolute atomic E-state index is 0.0871. The molecule has 0 unspecified atom stereocenters. The average molecular weight is 367 g/mol. The highest BCUT2D eigenvalue weighted by Gasteiger charge is 2.15. The molecule has 0 aromatic heterocycles. The zero-order valence-corrected chi connectivity index (χ0v) is 15.8. The van der Waals surface area contributed by atoms with E-state index in [-0.39, 0.29) is 24.5 Å². The smallest absolute Gasteiger partial charge is 0.224 e. The first-order valence-corrected chi connectivity index (χ1v) is 9.35. The fourth-order valence-electron chi connectivity index (χ4n) is 2.88. The molecular weight excluding hydrogens is 342 g/mol. The van der Waals surface area contributed by atoms with Gasteiger partial charge in [0.05, 0.1) is 13.2 Å². The molecule has 1 amide bonds. The standard InChI is InChI=1S/C22H25NO4/c1-15(2)16-4-7-18(8-5-16)23-22(25)11-9-19(24)17-6-10-20-21(14-17)27-13-3-12-26-20/h4-8,10,14-15H,3,9,11-13H2,1-2H3,(H,23,25). The summed E-state index contributed by atoms with van der Waals surface area (Å²) in [6.07, 6.45) is 1.10. The molecule has 142 valence electrons. The highest BCUT2D eigenvalue weighted by Crippen LogP contribution is 2.30. The van der Waals surface area contributed by atoms with E-state index in [0.29, 0.717) is 36.2 Å². The van der Waals surface area contributed by atoms with Gasteiger partial charge in [-0.15, -0.1) is 0 Å². The third-order valence-electron chi connectivity index (χ3n) is 4.51. The quantitative estimate of drug-likeness (QED) is 0.760. The molecule has 0 radical (unpaired) electrons. The molecule has 2 aromatic rings. The second kappa shape index (κ2) is 8.71. The fourth-order valence-corrected chi connectivity index (χ4v) is 2.88. The number of ether oxygens (including phenoxy) is 2. The van der Waals surface area contributed by atoms with Crippen LogP contribution in [0.5, 0.6) is 11.5 Å². The van der Waals surface area contributed by atoms with Gasteiger partial charge in [-0.25, -0.2) is 0 Å². The largest absolute Gasteiger partial charge is 0.490 e. The molecule has 1 aliphatic rings. The lowest BCUT2D eigenvalue weighted by atomic mass is 10.0. The maximum atomic E-state index is 12.4. The maximum Gasteiger partial charge on any atom is 0.224 e. The van der Waals surface area contributed by atoms with Crippen LogP contribution in [0.15, 0.2) is 42.5 Å². The molecule has 2 aromatic carbocycles. The Kier molecular flexibility index (Phi) is 6.12. The number of carbonyl (C=O) groups excluding carboxylic acids is 2. The van der Waals surface area contributed by atoms with Crippen molar-refractivity contribution < 1.29 is 19.1 Å². The third kappa shape index (κ3) is 5.09. The van der Waals surface area contributed by atoms with E-state index in [2.05, 4.69) is 19.2 Å². The van der Waals surface area contributed by atoms with E-state index in [1.807, 2.05) is 24.3 Å². The lowest BCUT2D eigenvalue weighted by Gasteiger charge is -2.10. The molecule has 1 N–H and O–H groups in total. The van der Waals surface area contributed by atoms with Crippen molar-refractivity contribution in [2.24, 2.45) is 0 Å². The second-order valence-electron chi connectivity index (χ2n) is 6.96. The Labute approximate surface area is 159 Å². The molecule has 1 heterocycles. The van der Waals surface area contributed by atoms with E-state index in [4.69, 9.17) is 9.47 Å². The molecular formula is C22H25NO4. The van der Waals surface area contributed by atoms with Crippen molar-refractivity contribution in [2.45, 2.75) is 39.0 Å². The van der Waals surface area contributed by atoms with Crippen LogP contribution < -0.4 is 14.8 Å².